The smallest absolute Gasteiger partial charge is 0.267 e. The summed E-state index contributed by atoms with van der Waals surface area (Å²) in [5.74, 6) is 2.17. The van der Waals surface area contributed by atoms with Gasteiger partial charge in [-0.3, -0.25) is 14.2 Å². The van der Waals surface area contributed by atoms with Crippen molar-refractivity contribution in [3.8, 4) is 17.2 Å². The highest BCUT2D eigenvalue weighted by Crippen LogP contribution is 2.31. The van der Waals surface area contributed by atoms with Gasteiger partial charge in [0.1, 0.15) is 12.4 Å². The molecule has 0 N–H and O–H groups in total. The summed E-state index contributed by atoms with van der Waals surface area (Å²) < 4.78 is 13.5. The third-order valence-corrected chi connectivity index (χ3v) is 6.78. The Balaban J connectivity index is 1.13. The second kappa shape index (κ2) is 9.76. The number of rotatable bonds is 5. The number of amides is 2. The van der Waals surface area contributed by atoms with Gasteiger partial charge in [0.05, 0.1) is 5.75 Å². The van der Waals surface area contributed by atoms with E-state index in [2.05, 4.69) is 10.2 Å². The van der Waals surface area contributed by atoms with Crippen LogP contribution in [0.3, 0.4) is 0 Å². The molecule has 0 aliphatic carbocycles. The van der Waals surface area contributed by atoms with E-state index in [0.717, 1.165) is 11.5 Å². The van der Waals surface area contributed by atoms with Gasteiger partial charge in [-0.05, 0) is 31.2 Å². The van der Waals surface area contributed by atoms with Gasteiger partial charge < -0.3 is 19.3 Å². The number of piperazine rings is 1. The zero-order chi connectivity index (χ0) is 23.5. The number of aryl methyl sites for hydroxylation is 1. The van der Waals surface area contributed by atoms with Crippen LogP contribution in [-0.4, -0.2) is 81.0 Å². The summed E-state index contributed by atoms with van der Waals surface area (Å²) in [5, 5.41) is 9.09. The first-order chi connectivity index (χ1) is 16.6. The molecule has 1 fully saturated rings. The zero-order valence-electron chi connectivity index (χ0n) is 18.8. The van der Waals surface area contributed by atoms with Crippen LogP contribution >= 0.6 is 11.8 Å². The van der Waals surface area contributed by atoms with Crippen molar-refractivity contribution in [3.05, 3.63) is 60.4 Å². The minimum Gasteiger partial charge on any atom is -0.485 e. The van der Waals surface area contributed by atoms with Gasteiger partial charge >= 0.3 is 0 Å². The number of benzene rings is 2. The van der Waals surface area contributed by atoms with E-state index in [-0.39, 0.29) is 24.2 Å². The molecule has 1 aromatic heterocycles. The number of carbonyl (C=O) groups is 2. The molecule has 2 aromatic carbocycles. The monoisotopic (exact) mass is 479 g/mol. The lowest BCUT2D eigenvalue weighted by Gasteiger charge is -2.37. The summed E-state index contributed by atoms with van der Waals surface area (Å²) in [4.78, 5) is 29.3. The fraction of sp³-hybridized carbons (Fsp3) is 0.333. The predicted molar refractivity (Wildman–Crippen MR) is 126 cm³/mol. The van der Waals surface area contributed by atoms with Crippen LogP contribution in [0.2, 0.25) is 0 Å². The molecule has 1 unspecified atom stereocenters. The second-order valence-electron chi connectivity index (χ2n) is 8.06. The number of aromatic nitrogens is 3. The first-order valence-electron chi connectivity index (χ1n) is 11.2. The molecule has 3 heterocycles. The Labute approximate surface area is 201 Å². The molecular weight excluding hydrogens is 454 g/mol. The van der Waals surface area contributed by atoms with Gasteiger partial charge in [-0.15, -0.1) is 10.2 Å². The average Bonchev–Trinajstić information content (AvgIpc) is 3.27. The van der Waals surface area contributed by atoms with Crippen LogP contribution in [0.1, 0.15) is 5.82 Å². The molecule has 2 aliphatic rings. The fourth-order valence-corrected chi connectivity index (χ4v) is 4.95. The van der Waals surface area contributed by atoms with E-state index in [0.29, 0.717) is 42.8 Å². The maximum atomic E-state index is 12.9. The lowest BCUT2D eigenvalue weighted by atomic mass is 10.2. The van der Waals surface area contributed by atoms with E-state index in [4.69, 9.17) is 9.47 Å². The third-order valence-electron chi connectivity index (χ3n) is 5.86. The Morgan fingerprint density at radius 2 is 1.62 bits per heavy atom. The molecule has 1 saturated heterocycles. The average molecular weight is 480 g/mol. The molecule has 2 aliphatic heterocycles. The molecule has 0 bridgehead atoms. The van der Waals surface area contributed by atoms with Crippen molar-refractivity contribution in [1.82, 2.24) is 24.6 Å². The highest BCUT2D eigenvalue weighted by atomic mass is 32.2. The number of fused-ring (bicyclic) bond motifs is 1. The van der Waals surface area contributed by atoms with Crippen LogP contribution in [0.5, 0.6) is 11.5 Å². The first kappa shape index (κ1) is 22.3. The normalized spacial score (nSPS) is 17.5. The first-order valence-corrected chi connectivity index (χ1v) is 12.1. The largest absolute Gasteiger partial charge is 0.485 e. The van der Waals surface area contributed by atoms with E-state index >= 15 is 0 Å². The fourth-order valence-electron chi connectivity index (χ4n) is 4.05. The Kier molecular flexibility index (Phi) is 6.39. The number of thioether (sulfide) groups is 1. The molecule has 0 saturated carbocycles. The summed E-state index contributed by atoms with van der Waals surface area (Å²) in [6.07, 6.45) is -0.666. The molecule has 34 heavy (non-hydrogen) atoms. The predicted octanol–water partition coefficient (Wildman–Crippen LogP) is 2.18. The molecule has 1 atom stereocenters. The molecule has 176 valence electrons. The molecule has 0 spiro atoms. The maximum Gasteiger partial charge on any atom is 0.267 e. The quantitative estimate of drug-likeness (QED) is 0.518. The van der Waals surface area contributed by atoms with Gasteiger partial charge in [-0.1, -0.05) is 42.1 Å². The van der Waals surface area contributed by atoms with Crippen molar-refractivity contribution in [2.24, 2.45) is 0 Å². The lowest BCUT2D eigenvalue weighted by molar-refractivity contribution is -0.145. The number of carbonyl (C=O) groups excluding carboxylic acids is 2. The second-order valence-corrected chi connectivity index (χ2v) is 9.00. The van der Waals surface area contributed by atoms with E-state index in [1.807, 2.05) is 60.0 Å². The molecule has 3 aromatic rings. The molecule has 2 amide bonds. The van der Waals surface area contributed by atoms with E-state index in [9.17, 15) is 9.59 Å². The van der Waals surface area contributed by atoms with Crippen molar-refractivity contribution in [1.29, 1.82) is 0 Å². The van der Waals surface area contributed by atoms with Crippen molar-refractivity contribution in [2.75, 3.05) is 38.5 Å². The molecule has 0 radical (unpaired) electrons. The molecule has 9 nitrogen and oxygen atoms in total. The van der Waals surface area contributed by atoms with Crippen molar-refractivity contribution < 1.29 is 19.1 Å². The SMILES string of the molecule is Cc1nnc(SCC(=O)N2CCN(C(=O)C3COc4ccccc4O3)CC2)n1-c1ccccc1. The zero-order valence-corrected chi connectivity index (χ0v) is 19.6. The number of para-hydroxylation sites is 3. The van der Waals surface area contributed by atoms with Crippen molar-refractivity contribution in [3.63, 3.8) is 0 Å². The Morgan fingerprint density at radius 1 is 0.941 bits per heavy atom. The minimum atomic E-state index is -0.666. The summed E-state index contributed by atoms with van der Waals surface area (Å²) in [7, 11) is 0. The van der Waals surface area contributed by atoms with Gasteiger partial charge in [0.25, 0.3) is 5.91 Å². The molecule has 5 rings (SSSR count). The van der Waals surface area contributed by atoms with E-state index in [1.54, 1.807) is 15.9 Å². The van der Waals surface area contributed by atoms with Gasteiger partial charge in [-0.25, -0.2) is 0 Å². The summed E-state index contributed by atoms with van der Waals surface area (Å²) >= 11 is 1.37. The van der Waals surface area contributed by atoms with Crippen LogP contribution in [-0.2, 0) is 9.59 Å². The topological polar surface area (TPSA) is 89.8 Å². The standard InChI is InChI=1S/C24H25N5O4S/c1-17-25-26-24(29(17)18-7-3-2-4-8-18)34-16-22(30)27-11-13-28(14-12-27)23(31)21-15-32-19-9-5-6-10-20(19)33-21/h2-10,21H,11-16H2,1H3. The molecule has 10 heteroatoms. The number of hydrogen-bond acceptors (Lipinski definition) is 7. The molecular formula is C24H25N5O4S. The van der Waals surface area contributed by atoms with Gasteiger partial charge in [0.15, 0.2) is 16.7 Å². The van der Waals surface area contributed by atoms with Crippen LogP contribution in [0.15, 0.2) is 59.8 Å². The van der Waals surface area contributed by atoms with E-state index in [1.165, 1.54) is 11.8 Å². The summed E-state index contributed by atoms with van der Waals surface area (Å²) in [6.45, 7) is 3.99. The Hall–Kier alpha value is -3.53. The number of nitrogens with zero attached hydrogens (tertiary/aromatic N) is 5. The minimum absolute atomic E-state index is 0.0172. The Bertz CT molecular complexity index is 1180. The van der Waals surface area contributed by atoms with Crippen LogP contribution < -0.4 is 9.47 Å². The lowest BCUT2D eigenvalue weighted by Crippen LogP contribution is -2.55. The Morgan fingerprint density at radius 3 is 2.38 bits per heavy atom. The van der Waals surface area contributed by atoms with Crippen LogP contribution in [0.4, 0.5) is 0 Å². The van der Waals surface area contributed by atoms with Gasteiger partial charge in [0, 0.05) is 31.9 Å². The maximum absolute atomic E-state index is 12.9. The van der Waals surface area contributed by atoms with Crippen LogP contribution in [0, 0.1) is 6.92 Å². The van der Waals surface area contributed by atoms with E-state index < -0.39 is 6.10 Å². The summed E-state index contributed by atoms with van der Waals surface area (Å²) in [6, 6.07) is 17.2. The highest BCUT2D eigenvalue weighted by Gasteiger charge is 2.33. The highest BCUT2D eigenvalue weighted by molar-refractivity contribution is 7.99. The van der Waals surface area contributed by atoms with Gasteiger partial charge in [-0.2, -0.15) is 0 Å². The number of hydrogen-bond donors (Lipinski definition) is 0. The van der Waals surface area contributed by atoms with Crippen LogP contribution in [0.25, 0.3) is 5.69 Å². The number of ether oxygens (including phenoxy) is 2. The van der Waals surface area contributed by atoms with Crippen molar-refractivity contribution in [2.45, 2.75) is 18.2 Å². The summed E-state index contributed by atoms with van der Waals surface area (Å²) in [5.41, 5.74) is 0.962. The van der Waals surface area contributed by atoms with Crippen molar-refractivity contribution >= 4 is 23.6 Å². The van der Waals surface area contributed by atoms with Gasteiger partial charge in [0.2, 0.25) is 12.0 Å². The third kappa shape index (κ3) is 4.58.